The highest BCUT2D eigenvalue weighted by Gasteiger charge is 2.07. The molecule has 0 unspecified atom stereocenters. The van der Waals surface area contributed by atoms with E-state index in [-0.39, 0.29) is 18.7 Å². The van der Waals surface area contributed by atoms with Crippen LogP contribution >= 0.6 is 0 Å². The summed E-state index contributed by atoms with van der Waals surface area (Å²) in [5, 5.41) is 0. The second-order valence-corrected chi connectivity index (χ2v) is 5.72. The zero-order chi connectivity index (χ0) is 14.7. The molecule has 0 radical (unpaired) electrons. The molecule has 0 heterocycles. The number of rotatable bonds is 10. The van der Waals surface area contributed by atoms with Crippen LogP contribution in [0.1, 0.15) is 66.2 Å². The van der Waals surface area contributed by atoms with E-state index in [1.165, 1.54) is 0 Å². The minimum Gasteiger partial charge on any atom is -0.428 e. The van der Waals surface area contributed by atoms with Crippen molar-refractivity contribution in [2.24, 2.45) is 11.8 Å². The molecule has 0 atom stereocenters. The molecule has 0 aromatic heterocycles. The van der Waals surface area contributed by atoms with E-state index in [2.05, 4.69) is 27.7 Å². The van der Waals surface area contributed by atoms with Crippen molar-refractivity contribution in [1.82, 2.24) is 0 Å². The van der Waals surface area contributed by atoms with Gasteiger partial charge in [-0.05, 0) is 24.7 Å². The van der Waals surface area contributed by atoms with Gasteiger partial charge in [-0.1, -0.05) is 40.5 Å². The third-order valence-corrected chi connectivity index (χ3v) is 2.76. The molecule has 0 aliphatic carbocycles. The van der Waals surface area contributed by atoms with Gasteiger partial charge in [0, 0.05) is 12.8 Å². The summed E-state index contributed by atoms with van der Waals surface area (Å²) in [5.74, 6) is 0.587. The van der Waals surface area contributed by atoms with Crippen LogP contribution in [-0.4, -0.2) is 18.7 Å². The summed E-state index contributed by atoms with van der Waals surface area (Å²) in [6.45, 7) is 8.21. The van der Waals surface area contributed by atoms with Crippen molar-refractivity contribution < 1.29 is 19.1 Å². The Labute approximate surface area is 116 Å². The summed E-state index contributed by atoms with van der Waals surface area (Å²) in [5.41, 5.74) is 0. The number of hydrogen-bond donors (Lipinski definition) is 0. The van der Waals surface area contributed by atoms with E-state index in [1.807, 2.05) is 0 Å². The van der Waals surface area contributed by atoms with E-state index in [4.69, 9.17) is 9.47 Å². The largest absolute Gasteiger partial charge is 0.428 e. The van der Waals surface area contributed by atoms with E-state index in [0.717, 1.165) is 25.7 Å². The zero-order valence-electron chi connectivity index (χ0n) is 12.7. The molecule has 0 aromatic rings. The van der Waals surface area contributed by atoms with Crippen molar-refractivity contribution >= 4 is 11.9 Å². The molecule has 0 amide bonds. The van der Waals surface area contributed by atoms with E-state index >= 15 is 0 Å². The molecule has 4 nitrogen and oxygen atoms in total. The second-order valence-electron chi connectivity index (χ2n) is 5.72. The zero-order valence-corrected chi connectivity index (χ0v) is 12.7. The number of hydrogen-bond acceptors (Lipinski definition) is 4. The lowest BCUT2D eigenvalue weighted by Gasteiger charge is -2.07. The Bertz CT molecular complexity index is 233. The summed E-state index contributed by atoms with van der Waals surface area (Å²) in [4.78, 5) is 22.6. The van der Waals surface area contributed by atoms with Crippen molar-refractivity contribution in [3.8, 4) is 0 Å². The molecule has 0 saturated carbocycles. The van der Waals surface area contributed by atoms with Gasteiger partial charge >= 0.3 is 11.9 Å². The van der Waals surface area contributed by atoms with Crippen LogP contribution in [0, 0.1) is 11.8 Å². The molecule has 0 aromatic carbocycles. The minimum atomic E-state index is -0.296. The normalized spacial score (nSPS) is 10.8. The lowest BCUT2D eigenvalue weighted by atomic mass is 10.1. The summed E-state index contributed by atoms with van der Waals surface area (Å²) in [7, 11) is 0. The van der Waals surface area contributed by atoms with Crippen LogP contribution in [0.2, 0.25) is 0 Å². The number of ether oxygens (including phenoxy) is 2. The molecule has 19 heavy (non-hydrogen) atoms. The summed E-state index contributed by atoms with van der Waals surface area (Å²) < 4.78 is 9.68. The molecular formula is C15H28O4. The summed E-state index contributed by atoms with van der Waals surface area (Å²) >= 11 is 0. The maximum absolute atomic E-state index is 11.3. The lowest BCUT2D eigenvalue weighted by molar-refractivity contribution is -0.167. The fourth-order valence-corrected chi connectivity index (χ4v) is 1.61. The molecule has 0 rings (SSSR count). The van der Waals surface area contributed by atoms with Crippen molar-refractivity contribution in [1.29, 1.82) is 0 Å². The SMILES string of the molecule is CC(C)CCCC(=O)OCOC(=O)CCCC(C)C. The second kappa shape index (κ2) is 10.8. The van der Waals surface area contributed by atoms with E-state index in [0.29, 0.717) is 24.7 Å². The standard InChI is InChI=1S/C15H28O4/c1-12(2)7-5-9-14(16)18-11-19-15(17)10-6-8-13(3)4/h12-13H,5-11H2,1-4H3. The van der Waals surface area contributed by atoms with Gasteiger partial charge in [0.25, 0.3) is 0 Å². The first-order valence-corrected chi connectivity index (χ1v) is 7.23. The van der Waals surface area contributed by atoms with Crippen molar-refractivity contribution in [2.75, 3.05) is 6.79 Å². The highest BCUT2D eigenvalue weighted by Crippen LogP contribution is 2.08. The smallest absolute Gasteiger partial charge is 0.308 e. The van der Waals surface area contributed by atoms with Crippen LogP contribution in [0.25, 0.3) is 0 Å². The predicted molar refractivity (Wildman–Crippen MR) is 74.4 cm³/mol. The fraction of sp³-hybridized carbons (Fsp3) is 0.867. The third-order valence-electron chi connectivity index (χ3n) is 2.76. The molecule has 0 bridgehead atoms. The van der Waals surface area contributed by atoms with E-state index < -0.39 is 0 Å². The average molecular weight is 272 g/mol. The maximum Gasteiger partial charge on any atom is 0.308 e. The quantitative estimate of drug-likeness (QED) is 0.449. The monoisotopic (exact) mass is 272 g/mol. The average Bonchev–Trinajstić information content (AvgIpc) is 2.27. The van der Waals surface area contributed by atoms with Gasteiger partial charge in [-0.25, -0.2) is 0 Å². The van der Waals surface area contributed by atoms with E-state index in [9.17, 15) is 9.59 Å². The molecule has 112 valence electrons. The van der Waals surface area contributed by atoms with Crippen LogP contribution in [0.15, 0.2) is 0 Å². The van der Waals surface area contributed by atoms with Crippen LogP contribution in [0.5, 0.6) is 0 Å². The van der Waals surface area contributed by atoms with Crippen LogP contribution in [-0.2, 0) is 19.1 Å². The third kappa shape index (κ3) is 13.2. The first kappa shape index (κ1) is 17.9. The molecular weight excluding hydrogens is 244 g/mol. The van der Waals surface area contributed by atoms with Gasteiger partial charge < -0.3 is 9.47 Å². The molecule has 0 N–H and O–H groups in total. The van der Waals surface area contributed by atoms with Gasteiger partial charge in [-0.15, -0.1) is 0 Å². The minimum absolute atomic E-state index is 0.249. The molecule has 0 aliphatic heterocycles. The predicted octanol–water partition coefficient (Wildman–Crippen LogP) is 3.68. The molecule has 0 aliphatic rings. The molecule has 4 heteroatoms. The molecule has 0 spiro atoms. The Hall–Kier alpha value is -1.06. The van der Waals surface area contributed by atoms with E-state index in [1.54, 1.807) is 0 Å². The highest BCUT2D eigenvalue weighted by atomic mass is 16.7. The van der Waals surface area contributed by atoms with Gasteiger partial charge in [-0.3, -0.25) is 9.59 Å². The van der Waals surface area contributed by atoms with Crippen molar-refractivity contribution in [3.05, 3.63) is 0 Å². The van der Waals surface area contributed by atoms with Gasteiger partial charge in [0.05, 0.1) is 0 Å². The molecule has 0 fully saturated rings. The summed E-state index contributed by atoms with van der Waals surface area (Å²) in [6, 6.07) is 0. The Kier molecular flexibility index (Phi) is 10.2. The highest BCUT2D eigenvalue weighted by molar-refractivity contribution is 5.70. The number of esters is 2. The Morgan fingerprint density at radius 1 is 0.789 bits per heavy atom. The van der Waals surface area contributed by atoms with Crippen molar-refractivity contribution in [3.63, 3.8) is 0 Å². The van der Waals surface area contributed by atoms with Gasteiger partial charge in [0.15, 0.2) is 0 Å². The molecule has 0 saturated heterocycles. The lowest BCUT2D eigenvalue weighted by Crippen LogP contribution is -2.12. The first-order chi connectivity index (χ1) is 8.91. The van der Waals surface area contributed by atoms with Gasteiger partial charge in [0.2, 0.25) is 6.79 Å². The van der Waals surface area contributed by atoms with Crippen LogP contribution < -0.4 is 0 Å². The Balaban J connectivity index is 3.45. The first-order valence-electron chi connectivity index (χ1n) is 7.23. The topological polar surface area (TPSA) is 52.6 Å². The Morgan fingerprint density at radius 3 is 1.47 bits per heavy atom. The van der Waals surface area contributed by atoms with Crippen LogP contribution in [0.3, 0.4) is 0 Å². The van der Waals surface area contributed by atoms with Gasteiger partial charge in [-0.2, -0.15) is 0 Å². The van der Waals surface area contributed by atoms with Gasteiger partial charge in [0.1, 0.15) is 0 Å². The number of carbonyl (C=O) groups is 2. The van der Waals surface area contributed by atoms with Crippen LogP contribution in [0.4, 0.5) is 0 Å². The van der Waals surface area contributed by atoms with Crippen molar-refractivity contribution in [2.45, 2.75) is 66.2 Å². The maximum atomic E-state index is 11.3. The Morgan fingerprint density at radius 2 is 1.16 bits per heavy atom. The summed E-state index contributed by atoms with van der Waals surface area (Å²) in [6.07, 6.45) is 4.43. The fourth-order valence-electron chi connectivity index (χ4n) is 1.61. The number of carbonyl (C=O) groups excluding carboxylic acids is 2.